The van der Waals surface area contributed by atoms with Gasteiger partial charge < -0.3 is 15.0 Å². The van der Waals surface area contributed by atoms with Crippen LogP contribution in [-0.2, 0) is 4.74 Å². The van der Waals surface area contributed by atoms with E-state index in [0.29, 0.717) is 18.8 Å². The quantitative estimate of drug-likeness (QED) is 0.679. The number of amides is 1. The van der Waals surface area contributed by atoms with Crippen molar-refractivity contribution in [1.82, 2.24) is 25.6 Å². The van der Waals surface area contributed by atoms with Gasteiger partial charge in [0.2, 0.25) is 0 Å². The molecule has 0 aliphatic carbocycles. The van der Waals surface area contributed by atoms with E-state index < -0.39 is 0 Å². The topological polar surface area (TPSA) is 83.1 Å². The molecule has 1 saturated heterocycles. The van der Waals surface area contributed by atoms with E-state index in [-0.39, 0.29) is 12.0 Å². The van der Waals surface area contributed by atoms with E-state index in [9.17, 15) is 4.79 Å². The van der Waals surface area contributed by atoms with Crippen molar-refractivity contribution >= 4 is 5.91 Å². The van der Waals surface area contributed by atoms with Crippen molar-refractivity contribution in [2.45, 2.75) is 6.10 Å². The highest BCUT2D eigenvalue weighted by Crippen LogP contribution is 2.01. The average molecular weight is 225 g/mol. The van der Waals surface area contributed by atoms with Gasteiger partial charge in [-0.1, -0.05) is 0 Å². The lowest BCUT2D eigenvalue weighted by atomic mass is 10.3. The summed E-state index contributed by atoms with van der Waals surface area (Å²) in [7, 11) is 2.04. The Morgan fingerprint density at radius 2 is 2.69 bits per heavy atom. The predicted molar refractivity (Wildman–Crippen MR) is 56.0 cm³/mol. The first-order valence-electron chi connectivity index (χ1n) is 5.20. The highest BCUT2D eigenvalue weighted by molar-refractivity contribution is 5.91. The molecule has 1 aliphatic heterocycles. The molecule has 1 unspecified atom stereocenters. The molecule has 1 amide bonds. The Hall–Kier alpha value is -1.47. The Kier molecular flexibility index (Phi) is 3.47. The summed E-state index contributed by atoms with van der Waals surface area (Å²) in [5, 5.41) is 12.4. The molecule has 1 fully saturated rings. The number of morpholine rings is 1. The molecule has 16 heavy (non-hydrogen) atoms. The highest BCUT2D eigenvalue weighted by Gasteiger charge is 2.18. The van der Waals surface area contributed by atoms with Crippen molar-refractivity contribution in [2.24, 2.45) is 0 Å². The van der Waals surface area contributed by atoms with Gasteiger partial charge in [-0.2, -0.15) is 15.4 Å². The second-order valence-electron chi connectivity index (χ2n) is 3.82. The minimum absolute atomic E-state index is 0.0506. The lowest BCUT2D eigenvalue weighted by Gasteiger charge is -2.29. The third-order valence-corrected chi connectivity index (χ3v) is 2.48. The van der Waals surface area contributed by atoms with Crippen LogP contribution in [0.3, 0.4) is 0 Å². The van der Waals surface area contributed by atoms with Crippen LogP contribution in [0.1, 0.15) is 10.5 Å². The van der Waals surface area contributed by atoms with E-state index >= 15 is 0 Å². The molecule has 0 spiro atoms. The molecule has 0 bridgehead atoms. The second-order valence-corrected chi connectivity index (χ2v) is 3.82. The number of aromatic amines is 1. The summed E-state index contributed by atoms with van der Waals surface area (Å²) in [6, 6.07) is 0. The van der Waals surface area contributed by atoms with Crippen molar-refractivity contribution in [1.29, 1.82) is 0 Å². The molecule has 2 heterocycles. The fourth-order valence-corrected chi connectivity index (χ4v) is 1.60. The molecule has 7 heteroatoms. The largest absolute Gasteiger partial charge is 0.374 e. The Labute approximate surface area is 93.2 Å². The van der Waals surface area contributed by atoms with E-state index in [1.54, 1.807) is 0 Å². The second kappa shape index (κ2) is 5.04. The van der Waals surface area contributed by atoms with Crippen LogP contribution in [0.4, 0.5) is 0 Å². The minimum atomic E-state index is -0.231. The van der Waals surface area contributed by atoms with Gasteiger partial charge in [0, 0.05) is 19.6 Å². The summed E-state index contributed by atoms with van der Waals surface area (Å²) < 4.78 is 5.52. The van der Waals surface area contributed by atoms with Gasteiger partial charge in [0.1, 0.15) is 0 Å². The van der Waals surface area contributed by atoms with Crippen molar-refractivity contribution in [3.8, 4) is 0 Å². The number of ether oxygens (including phenoxy) is 1. The first-order valence-corrected chi connectivity index (χ1v) is 5.20. The molecule has 1 aliphatic rings. The van der Waals surface area contributed by atoms with Crippen molar-refractivity contribution in [2.75, 3.05) is 33.3 Å². The molecule has 2 N–H and O–H groups in total. The summed E-state index contributed by atoms with van der Waals surface area (Å²) in [5.41, 5.74) is 0.296. The van der Waals surface area contributed by atoms with E-state index in [0.717, 1.165) is 13.1 Å². The maximum Gasteiger partial charge on any atom is 0.273 e. The van der Waals surface area contributed by atoms with E-state index in [1.807, 2.05) is 7.05 Å². The average Bonchev–Trinajstić information content (AvgIpc) is 2.79. The number of nitrogens with zero attached hydrogens (tertiary/aromatic N) is 3. The number of rotatable bonds is 3. The van der Waals surface area contributed by atoms with Crippen molar-refractivity contribution < 1.29 is 9.53 Å². The molecule has 7 nitrogen and oxygen atoms in total. The Balaban J connectivity index is 1.77. The van der Waals surface area contributed by atoms with E-state index in [4.69, 9.17) is 4.74 Å². The van der Waals surface area contributed by atoms with Gasteiger partial charge in [0.25, 0.3) is 5.91 Å². The molecule has 88 valence electrons. The zero-order valence-corrected chi connectivity index (χ0v) is 9.14. The van der Waals surface area contributed by atoms with Crippen LogP contribution in [0.15, 0.2) is 6.20 Å². The zero-order valence-electron chi connectivity index (χ0n) is 9.14. The summed E-state index contributed by atoms with van der Waals surface area (Å²) in [5.74, 6) is -0.231. The van der Waals surface area contributed by atoms with Crippen LogP contribution in [0.5, 0.6) is 0 Å². The minimum Gasteiger partial charge on any atom is -0.374 e. The third-order valence-electron chi connectivity index (χ3n) is 2.48. The number of hydrogen-bond donors (Lipinski definition) is 2. The molecule has 2 rings (SSSR count). The number of likely N-dealkylation sites (N-methyl/N-ethyl adjacent to an activating group) is 1. The Morgan fingerprint density at radius 3 is 3.38 bits per heavy atom. The summed E-state index contributed by atoms with van der Waals surface area (Å²) in [6.45, 7) is 2.98. The number of hydrogen-bond acceptors (Lipinski definition) is 5. The van der Waals surface area contributed by atoms with Crippen molar-refractivity contribution in [3.05, 3.63) is 11.9 Å². The lowest BCUT2D eigenvalue weighted by molar-refractivity contribution is -0.0175. The van der Waals surface area contributed by atoms with Crippen LogP contribution >= 0.6 is 0 Å². The van der Waals surface area contributed by atoms with Crippen molar-refractivity contribution in [3.63, 3.8) is 0 Å². The molecule has 1 atom stereocenters. The van der Waals surface area contributed by atoms with Crippen LogP contribution in [-0.4, -0.2) is 65.6 Å². The smallest absolute Gasteiger partial charge is 0.273 e. The predicted octanol–water partition coefficient (Wildman–Crippen LogP) is -1.13. The lowest BCUT2D eigenvalue weighted by Crippen LogP contribution is -2.45. The number of nitrogens with one attached hydrogen (secondary N) is 2. The first kappa shape index (κ1) is 11.0. The monoisotopic (exact) mass is 225 g/mol. The van der Waals surface area contributed by atoms with Gasteiger partial charge >= 0.3 is 0 Å². The molecular weight excluding hydrogens is 210 g/mol. The normalized spacial score (nSPS) is 21.9. The number of carbonyl (C=O) groups excluding carboxylic acids is 1. The first-order chi connectivity index (χ1) is 7.75. The molecule has 0 radical (unpaired) electrons. The van der Waals surface area contributed by atoms with Gasteiger partial charge in [-0.25, -0.2) is 0 Å². The number of aromatic nitrogens is 3. The molecule has 1 aromatic heterocycles. The number of carbonyl (C=O) groups is 1. The molecule has 1 aromatic rings. The molecule has 0 aromatic carbocycles. The summed E-state index contributed by atoms with van der Waals surface area (Å²) in [6.07, 6.45) is 1.44. The molecule has 0 saturated carbocycles. The van der Waals surface area contributed by atoms with Gasteiger partial charge in [0.05, 0.1) is 18.9 Å². The number of H-pyrrole nitrogens is 1. The highest BCUT2D eigenvalue weighted by atomic mass is 16.5. The van der Waals surface area contributed by atoms with Gasteiger partial charge in [0.15, 0.2) is 5.69 Å². The maximum absolute atomic E-state index is 11.5. The SMILES string of the molecule is CN1CCOC(CNC(=O)c2cn[nH]n2)C1. The maximum atomic E-state index is 11.5. The van der Waals surface area contributed by atoms with Gasteiger partial charge in [-0.3, -0.25) is 4.79 Å². The fourth-order valence-electron chi connectivity index (χ4n) is 1.60. The zero-order chi connectivity index (χ0) is 11.4. The van der Waals surface area contributed by atoms with Crippen LogP contribution in [0.25, 0.3) is 0 Å². The van der Waals surface area contributed by atoms with Crippen LogP contribution in [0, 0.1) is 0 Å². The Morgan fingerprint density at radius 1 is 1.81 bits per heavy atom. The van der Waals surface area contributed by atoms with Crippen LogP contribution < -0.4 is 5.32 Å². The van der Waals surface area contributed by atoms with Gasteiger partial charge in [-0.15, -0.1) is 0 Å². The van der Waals surface area contributed by atoms with Crippen LogP contribution in [0.2, 0.25) is 0 Å². The fraction of sp³-hybridized carbons (Fsp3) is 0.667. The van der Waals surface area contributed by atoms with E-state index in [2.05, 4.69) is 25.6 Å². The van der Waals surface area contributed by atoms with Gasteiger partial charge in [-0.05, 0) is 7.05 Å². The summed E-state index contributed by atoms with van der Waals surface area (Å²) >= 11 is 0. The Bertz CT molecular complexity index is 340. The third kappa shape index (κ3) is 2.77. The summed E-state index contributed by atoms with van der Waals surface area (Å²) in [4.78, 5) is 13.7. The standard InChI is InChI=1S/C9H15N5O2/c1-14-2-3-16-7(6-14)4-10-9(15)8-5-11-13-12-8/h5,7H,2-4,6H2,1H3,(H,10,15)(H,11,12,13). The van der Waals surface area contributed by atoms with E-state index in [1.165, 1.54) is 6.20 Å². The molecular formula is C9H15N5O2.